The van der Waals surface area contributed by atoms with Crippen molar-refractivity contribution in [1.29, 1.82) is 0 Å². The van der Waals surface area contributed by atoms with E-state index in [0.29, 0.717) is 28.6 Å². The molecule has 0 unspecified atom stereocenters. The van der Waals surface area contributed by atoms with Gasteiger partial charge < -0.3 is 10.2 Å². The summed E-state index contributed by atoms with van der Waals surface area (Å²) in [5.41, 5.74) is 3.21. The highest BCUT2D eigenvalue weighted by atomic mass is 32.2. The standard InChI is InChI=1S/C25H25N3O4S2/c1-17-7-6-8-18(2)23(17)27-34(31,32)21-13-11-20(12-14-21)26-24(29)22-15-33-16-28(22)25(30)19-9-4-3-5-10-19/h3-14,22,27H,15-16H2,1-2H3,(H,26,29)/t22-/m0/s1. The predicted octanol–water partition coefficient (Wildman–Crippen LogP) is 4.26. The molecule has 0 saturated carbocycles. The van der Waals surface area contributed by atoms with Crippen LogP contribution in [-0.4, -0.2) is 42.8 Å². The fourth-order valence-electron chi connectivity index (χ4n) is 3.72. The second kappa shape index (κ2) is 9.90. The number of thioether (sulfide) groups is 1. The van der Waals surface area contributed by atoms with Crippen molar-refractivity contribution >= 4 is 45.0 Å². The van der Waals surface area contributed by atoms with Gasteiger partial charge in [0.1, 0.15) is 6.04 Å². The van der Waals surface area contributed by atoms with E-state index in [0.717, 1.165) is 11.1 Å². The summed E-state index contributed by atoms with van der Waals surface area (Å²) in [7, 11) is -3.79. The Balaban J connectivity index is 1.45. The monoisotopic (exact) mass is 495 g/mol. The van der Waals surface area contributed by atoms with Gasteiger partial charge in [-0.2, -0.15) is 0 Å². The number of nitrogens with one attached hydrogen (secondary N) is 2. The number of para-hydroxylation sites is 1. The van der Waals surface area contributed by atoms with Gasteiger partial charge in [0.2, 0.25) is 5.91 Å². The van der Waals surface area contributed by atoms with Crippen LogP contribution in [-0.2, 0) is 14.8 Å². The summed E-state index contributed by atoms with van der Waals surface area (Å²) in [6.45, 7) is 3.69. The van der Waals surface area contributed by atoms with Crippen LogP contribution in [0.25, 0.3) is 0 Å². The van der Waals surface area contributed by atoms with Gasteiger partial charge in [-0.1, -0.05) is 36.4 Å². The summed E-state index contributed by atoms with van der Waals surface area (Å²) >= 11 is 1.52. The molecule has 0 radical (unpaired) electrons. The molecule has 176 valence electrons. The second-order valence-corrected chi connectivity index (χ2v) is 10.7. The summed E-state index contributed by atoms with van der Waals surface area (Å²) in [6, 6.07) is 19.8. The SMILES string of the molecule is Cc1cccc(C)c1NS(=O)(=O)c1ccc(NC(=O)[C@@H]2CSCN2C(=O)c2ccccc2)cc1. The quantitative estimate of drug-likeness (QED) is 0.533. The van der Waals surface area contributed by atoms with E-state index >= 15 is 0 Å². The zero-order valence-corrected chi connectivity index (χ0v) is 20.4. The van der Waals surface area contributed by atoms with Crippen LogP contribution in [0.15, 0.2) is 77.7 Å². The highest BCUT2D eigenvalue weighted by Crippen LogP contribution is 2.26. The predicted molar refractivity (Wildman–Crippen MR) is 136 cm³/mol. The number of amides is 2. The number of hydrogen-bond acceptors (Lipinski definition) is 5. The number of carbonyl (C=O) groups is 2. The second-order valence-electron chi connectivity index (χ2n) is 8.04. The van der Waals surface area contributed by atoms with E-state index in [-0.39, 0.29) is 16.7 Å². The summed E-state index contributed by atoms with van der Waals surface area (Å²) < 4.78 is 28.4. The topological polar surface area (TPSA) is 95.6 Å². The zero-order valence-electron chi connectivity index (χ0n) is 18.8. The average molecular weight is 496 g/mol. The fourth-order valence-corrected chi connectivity index (χ4v) is 6.08. The van der Waals surface area contributed by atoms with Crippen LogP contribution < -0.4 is 10.0 Å². The Morgan fingerprint density at radius 2 is 1.56 bits per heavy atom. The smallest absolute Gasteiger partial charge is 0.261 e. The van der Waals surface area contributed by atoms with E-state index in [1.54, 1.807) is 41.3 Å². The van der Waals surface area contributed by atoms with E-state index in [4.69, 9.17) is 0 Å². The third-order valence-corrected chi connectivity index (χ3v) is 7.99. The third-order valence-electron chi connectivity index (χ3n) is 5.62. The lowest BCUT2D eigenvalue weighted by Crippen LogP contribution is -2.44. The van der Waals surface area contributed by atoms with Crippen molar-refractivity contribution in [2.45, 2.75) is 24.8 Å². The number of carbonyl (C=O) groups excluding carboxylic acids is 2. The molecule has 1 fully saturated rings. The molecule has 0 bridgehead atoms. The molecule has 34 heavy (non-hydrogen) atoms. The van der Waals surface area contributed by atoms with Crippen molar-refractivity contribution < 1.29 is 18.0 Å². The maximum absolute atomic E-state index is 12.9. The van der Waals surface area contributed by atoms with Gasteiger partial charge in [0.15, 0.2) is 0 Å². The Morgan fingerprint density at radius 3 is 2.21 bits per heavy atom. The maximum atomic E-state index is 12.9. The lowest BCUT2D eigenvalue weighted by molar-refractivity contribution is -0.119. The molecule has 0 spiro atoms. The van der Waals surface area contributed by atoms with Crippen molar-refractivity contribution in [2.24, 2.45) is 0 Å². The molecule has 7 nitrogen and oxygen atoms in total. The lowest BCUT2D eigenvalue weighted by Gasteiger charge is -2.23. The molecule has 2 N–H and O–H groups in total. The molecule has 3 aromatic rings. The normalized spacial score (nSPS) is 15.7. The van der Waals surface area contributed by atoms with Crippen molar-refractivity contribution in [3.05, 3.63) is 89.5 Å². The van der Waals surface area contributed by atoms with Gasteiger partial charge >= 0.3 is 0 Å². The summed E-state index contributed by atoms with van der Waals surface area (Å²) in [6.07, 6.45) is 0. The van der Waals surface area contributed by atoms with Crippen LogP contribution in [0.2, 0.25) is 0 Å². The molecule has 9 heteroatoms. The van der Waals surface area contributed by atoms with Gasteiger partial charge in [-0.3, -0.25) is 14.3 Å². The number of anilines is 2. The van der Waals surface area contributed by atoms with E-state index in [1.165, 1.54) is 23.9 Å². The van der Waals surface area contributed by atoms with Gasteiger partial charge in [-0.05, 0) is 61.4 Å². The van der Waals surface area contributed by atoms with E-state index in [2.05, 4.69) is 10.0 Å². The largest absolute Gasteiger partial charge is 0.324 e. The Hall–Kier alpha value is -3.30. The van der Waals surface area contributed by atoms with Crippen molar-refractivity contribution in [2.75, 3.05) is 21.7 Å². The molecule has 0 aromatic heterocycles. The van der Waals surface area contributed by atoms with Crippen LogP contribution in [0, 0.1) is 13.8 Å². The summed E-state index contributed by atoms with van der Waals surface area (Å²) in [5, 5.41) is 2.81. The first-order chi connectivity index (χ1) is 16.3. The van der Waals surface area contributed by atoms with Crippen molar-refractivity contribution in [3.63, 3.8) is 0 Å². The minimum Gasteiger partial charge on any atom is -0.324 e. The molecular weight excluding hydrogens is 470 g/mol. The van der Waals surface area contributed by atoms with Crippen LogP contribution in [0.1, 0.15) is 21.5 Å². The van der Waals surface area contributed by atoms with Crippen LogP contribution in [0.4, 0.5) is 11.4 Å². The van der Waals surface area contributed by atoms with E-state index in [1.807, 2.05) is 38.1 Å². The van der Waals surface area contributed by atoms with Crippen LogP contribution in [0.5, 0.6) is 0 Å². The van der Waals surface area contributed by atoms with Gasteiger partial charge in [-0.15, -0.1) is 11.8 Å². The molecular formula is C25H25N3O4S2. The Morgan fingerprint density at radius 1 is 0.912 bits per heavy atom. The minimum atomic E-state index is -3.79. The molecule has 1 aliphatic heterocycles. The highest BCUT2D eigenvalue weighted by molar-refractivity contribution is 7.99. The Bertz CT molecular complexity index is 1290. The highest BCUT2D eigenvalue weighted by Gasteiger charge is 2.35. The van der Waals surface area contributed by atoms with Gasteiger partial charge in [0.25, 0.3) is 15.9 Å². The Labute approximate surface area is 203 Å². The summed E-state index contributed by atoms with van der Waals surface area (Å²) in [5.74, 6) is 0.437. The van der Waals surface area contributed by atoms with E-state index in [9.17, 15) is 18.0 Å². The first-order valence-electron chi connectivity index (χ1n) is 10.7. The number of nitrogens with zero attached hydrogens (tertiary/aromatic N) is 1. The molecule has 1 aliphatic rings. The molecule has 4 rings (SSSR count). The lowest BCUT2D eigenvalue weighted by atomic mass is 10.1. The van der Waals surface area contributed by atoms with Gasteiger partial charge in [-0.25, -0.2) is 8.42 Å². The number of sulfonamides is 1. The molecule has 1 atom stereocenters. The first kappa shape index (κ1) is 23.8. The van der Waals surface area contributed by atoms with Gasteiger partial charge in [0.05, 0.1) is 16.5 Å². The van der Waals surface area contributed by atoms with Gasteiger partial charge in [0, 0.05) is 17.0 Å². The van der Waals surface area contributed by atoms with Crippen LogP contribution >= 0.6 is 11.8 Å². The first-order valence-corrected chi connectivity index (χ1v) is 13.3. The number of benzene rings is 3. The zero-order chi connectivity index (χ0) is 24.3. The van der Waals surface area contributed by atoms with E-state index < -0.39 is 16.1 Å². The average Bonchev–Trinajstić information content (AvgIpc) is 3.32. The number of aryl methyl sites for hydroxylation is 2. The molecule has 1 heterocycles. The molecule has 1 saturated heterocycles. The summed E-state index contributed by atoms with van der Waals surface area (Å²) in [4.78, 5) is 27.4. The molecule has 3 aromatic carbocycles. The fraction of sp³-hybridized carbons (Fsp3) is 0.200. The molecule has 0 aliphatic carbocycles. The third kappa shape index (κ3) is 5.10. The Kier molecular flexibility index (Phi) is 6.95. The number of rotatable bonds is 6. The van der Waals surface area contributed by atoms with Crippen LogP contribution in [0.3, 0.4) is 0 Å². The maximum Gasteiger partial charge on any atom is 0.261 e. The van der Waals surface area contributed by atoms with Crippen molar-refractivity contribution in [3.8, 4) is 0 Å². The number of hydrogen-bond donors (Lipinski definition) is 2. The minimum absolute atomic E-state index is 0.0884. The van der Waals surface area contributed by atoms with Crippen molar-refractivity contribution in [1.82, 2.24) is 4.90 Å². The molecule has 2 amide bonds.